The Balaban J connectivity index is 1.81. The molecule has 0 unspecified atom stereocenters. The van der Waals surface area contributed by atoms with Crippen molar-refractivity contribution in [2.24, 2.45) is 0 Å². The second-order valence-corrected chi connectivity index (χ2v) is 8.37. The first-order chi connectivity index (χ1) is 12.9. The third-order valence-corrected chi connectivity index (χ3v) is 6.58. The van der Waals surface area contributed by atoms with Crippen molar-refractivity contribution in [3.63, 3.8) is 0 Å². The molecule has 0 saturated carbocycles. The molecule has 7 heteroatoms. The topological polar surface area (TPSA) is 68.7 Å². The number of sulfonamides is 1. The van der Waals surface area contributed by atoms with E-state index >= 15 is 0 Å². The summed E-state index contributed by atoms with van der Waals surface area (Å²) in [6, 6.07) is 12.7. The van der Waals surface area contributed by atoms with Gasteiger partial charge in [-0.05, 0) is 48.7 Å². The Morgan fingerprint density at radius 3 is 2.52 bits per heavy atom. The molecule has 0 amide bonds. The first-order valence-corrected chi connectivity index (χ1v) is 10.0. The minimum absolute atomic E-state index is 0.152. The van der Waals surface area contributed by atoms with Gasteiger partial charge >= 0.3 is 0 Å². The highest BCUT2D eigenvalue weighted by Gasteiger charge is 2.33. The van der Waals surface area contributed by atoms with Crippen LogP contribution >= 0.6 is 0 Å². The largest absolute Gasteiger partial charge is 0.493 e. The Bertz CT molecular complexity index is 1140. The molecule has 0 bridgehead atoms. The van der Waals surface area contributed by atoms with Gasteiger partial charge in [-0.1, -0.05) is 12.1 Å². The van der Waals surface area contributed by atoms with E-state index in [2.05, 4.69) is 4.98 Å². The maximum atomic E-state index is 13.3. The molecule has 0 atom stereocenters. The summed E-state index contributed by atoms with van der Waals surface area (Å²) in [5.41, 5.74) is 2.82. The minimum atomic E-state index is -3.75. The average molecular weight is 384 g/mol. The fraction of sp³-hybridized carbons (Fsp3) is 0.250. The van der Waals surface area contributed by atoms with Crippen LogP contribution in [0.2, 0.25) is 0 Å². The maximum absolute atomic E-state index is 13.3. The molecule has 4 rings (SSSR count). The van der Waals surface area contributed by atoms with E-state index in [4.69, 9.17) is 9.47 Å². The lowest BCUT2D eigenvalue weighted by atomic mass is 10.1. The highest BCUT2D eigenvalue weighted by atomic mass is 32.2. The molecule has 27 heavy (non-hydrogen) atoms. The van der Waals surface area contributed by atoms with Crippen LogP contribution in [-0.4, -0.2) is 34.2 Å². The van der Waals surface area contributed by atoms with Gasteiger partial charge in [0.05, 0.1) is 24.6 Å². The molecule has 0 radical (unpaired) electrons. The number of anilines is 1. The van der Waals surface area contributed by atoms with Crippen molar-refractivity contribution < 1.29 is 17.9 Å². The molecule has 0 saturated heterocycles. The Labute approximate surface area is 158 Å². The van der Waals surface area contributed by atoms with Crippen LogP contribution in [0.15, 0.2) is 47.4 Å². The summed E-state index contributed by atoms with van der Waals surface area (Å²) in [4.78, 5) is 4.81. The van der Waals surface area contributed by atoms with E-state index in [1.165, 1.54) is 30.7 Å². The van der Waals surface area contributed by atoms with Gasteiger partial charge in [-0.15, -0.1) is 0 Å². The number of benzene rings is 2. The van der Waals surface area contributed by atoms with E-state index in [1.54, 1.807) is 6.07 Å². The van der Waals surface area contributed by atoms with Crippen LogP contribution in [0.5, 0.6) is 11.5 Å². The molecule has 0 fully saturated rings. The third kappa shape index (κ3) is 2.88. The van der Waals surface area contributed by atoms with Gasteiger partial charge in [-0.2, -0.15) is 0 Å². The number of hydrogen-bond acceptors (Lipinski definition) is 5. The zero-order chi connectivity index (χ0) is 19.2. The molecule has 0 N–H and O–H groups in total. The van der Waals surface area contributed by atoms with Crippen LogP contribution in [0.3, 0.4) is 0 Å². The fourth-order valence-electron chi connectivity index (χ4n) is 3.38. The lowest BCUT2D eigenvalue weighted by Crippen LogP contribution is -2.29. The van der Waals surface area contributed by atoms with Gasteiger partial charge in [-0.3, -0.25) is 0 Å². The molecule has 1 aromatic heterocycles. The molecule has 3 aromatic rings. The summed E-state index contributed by atoms with van der Waals surface area (Å²) >= 11 is 0. The lowest BCUT2D eigenvalue weighted by molar-refractivity contribution is 0.354. The number of nitrogens with zero attached hydrogens (tertiary/aromatic N) is 2. The van der Waals surface area contributed by atoms with Crippen LogP contribution in [0.4, 0.5) is 5.82 Å². The Kier molecular flexibility index (Phi) is 4.19. The second-order valence-electron chi connectivity index (χ2n) is 6.51. The number of hydrogen-bond donors (Lipinski definition) is 0. The molecule has 6 nitrogen and oxygen atoms in total. The molecule has 0 aliphatic carbocycles. The van der Waals surface area contributed by atoms with E-state index in [0.29, 0.717) is 30.3 Å². The number of rotatable bonds is 4. The summed E-state index contributed by atoms with van der Waals surface area (Å²) in [5.74, 6) is 1.36. The molecule has 140 valence electrons. The Morgan fingerprint density at radius 2 is 1.78 bits per heavy atom. The first kappa shape index (κ1) is 17.6. The van der Waals surface area contributed by atoms with E-state index in [9.17, 15) is 8.42 Å². The molecular formula is C20H20N2O4S. The second kappa shape index (κ2) is 6.42. The fourth-order valence-corrected chi connectivity index (χ4v) is 4.84. The van der Waals surface area contributed by atoms with Gasteiger partial charge in [0.1, 0.15) is 5.82 Å². The standard InChI is InChI=1S/C20H20N2O4S/c1-13-4-5-14-11-15-8-9-22(20(15)21-17(14)10-13)27(23,24)16-6-7-18(25-2)19(12-16)26-3/h4-7,10-12H,8-9H2,1-3H3. The Hall–Kier alpha value is -2.80. The van der Waals surface area contributed by atoms with Crippen LogP contribution in [0.1, 0.15) is 11.1 Å². The zero-order valence-corrected chi connectivity index (χ0v) is 16.2. The summed E-state index contributed by atoms with van der Waals surface area (Å²) < 4.78 is 38.3. The van der Waals surface area contributed by atoms with E-state index in [0.717, 1.165) is 22.0 Å². The van der Waals surface area contributed by atoms with Crippen LogP contribution in [-0.2, 0) is 16.4 Å². The van der Waals surface area contributed by atoms with Gasteiger partial charge in [0, 0.05) is 18.0 Å². The molecule has 2 aromatic carbocycles. The monoisotopic (exact) mass is 384 g/mol. The van der Waals surface area contributed by atoms with Gasteiger partial charge in [0.15, 0.2) is 11.5 Å². The predicted octanol–water partition coefficient (Wildman–Crippen LogP) is 3.31. The van der Waals surface area contributed by atoms with Gasteiger partial charge in [0.25, 0.3) is 10.0 Å². The lowest BCUT2D eigenvalue weighted by Gasteiger charge is -2.19. The maximum Gasteiger partial charge on any atom is 0.265 e. The van der Waals surface area contributed by atoms with Crippen LogP contribution < -0.4 is 13.8 Å². The SMILES string of the molecule is COc1ccc(S(=O)(=O)N2CCc3cc4ccc(C)cc4nc32)cc1OC. The first-order valence-electron chi connectivity index (χ1n) is 8.59. The van der Waals surface area contributed by atoms with Crippen LogP contribution in [0.25, 0.3) is 10.9 Å². The minimum Gasteiger partial charge on any atom is -0.493 e. The van der Waals surface area contributed by atoms with E-state index in [1.807, 2.05) is 31.2 Å². The summed E-state index contributed by atoms with van der Waals surface area (Å²) in [5, 5.41) is 1.02. The summed E-state index contributed by atoms with van der Waals surface area (Å²) in [6.07, 6.45) is 0.638. The van der Waals surface area contributed by atoms with Crippen molar-refractivity contribution in [1.82, 2.24) is 4.98 Å². The molecule has 1 aliphatic heterocycles. The van der Waals surface area contributed by atoms with Crippen molar-refractivity contribution in [1.29, 1.82) is 0 Å². The Morgan fingerprint density at radius 1 is 1.00 bits per heavy atom. The number of fused-ring (bicyclic) bond motifs is 2. The zero-order valence-electron chi connectivity index (χ0n) is 15.4. The number of aryl methyl sites for hydroxylation is 1. The van der Waals surface area contributed by atoms with E-state index < -0.39 is 10.0 Å². The average Bonchev–Trinajstić information content (AvgIpc) is 3.09. The van der Waals surface area contributed by atoms with Gasteiger partial charge in [0.2, 0.25) is 0 Å². The van der Waals surface area contributed by atoms with Gasteiger partial charge < -0.3 is 9.47 Å². The summed E-state index contributed by atoms with van der Waals surface area (Å²) in [6.45, 7) is 2.36. The third-order valence-electron chi connectivity index (χ3n) is 4.79. The van der Waals surface area contributed by atoms with Crippen molar-refractivity contribution in [3.05, 3.63) is 53.6 Å². The molecular weight excluding hydrogens is 364 g/mol. The number of pyridine rings is 1. The highest BCUT2D eigenvalue weighted by Crippen LogP contribution is 2.36. The number of methoxy groups -OCH3 is 2. The smallest absolute Gasteiger partial charge is 0.265 e. The van der Waals surface area contributed by atoms with Crippen molar-refractivity contribution in [3.8, 4) is 11.5 Å². The summed E-state index contributed by atoms with van der Waals surface area (Å²) in [7, 11) is -0.758. The van der Waals surface area contributed by atoms with E-state index in [-0.39, 0.29) is 4.90 Å². The van der Waals surface area contributed by atoms with Crippen LogP contribution in [0, 0.1) is 6.92 Å². The molecule has 2 heterocycles. The highest BCUT2D eigenvalue weighted by molar-refractivity contribution is 7.92. The van der Waals surface area contributed by atoms with Crippen molar-refractivity contribution in [2.45, 2.75) is 18.2 Å². The van der Waals surface area contributed by atoms with Gasteiger partial charge in [-0.25, -0.2) is 17.7 Å². The predicted molar refractivity (Wildman–Crippen MR) is 104 cm³/mol. The molecule has 0 spiro atoms. The van der Waals surface area contributed by atoms with Crippen molar-refractivity contribution >= 4 is 26.7 Å². The quantitative estimate of drug-likeness (QED) is 0.690. The number of aromatic nitrogens is 1. The number of ether oxygens (including phenoxy) is 2. The van der Waals surface area contributed by atoms with Crippen molar-refractivity contribution in [2.75, 3.05) is 25.1 Å². The normalized spacial score (nSPS) is 13.7. The molecule has 1 aliphatic rings.